The molecule has 0 saturated heterocycles. The minimum absolute atomic E-state index is 0.367. The molecule has 1 N–H and O–H groups in total. The maximum Gasteiger partial charge on any atom is 0.0386 e. The van der Waals surface area contributed by atoms with E-state index < -0.39 is 0 Å². The maximum absolute atomic E-state index is 3.54. The van der Waals surface area contributed by atoms with Crippen LogP contribution in [0.15, 0.2) is 17.5 Å². The molecule has 13 heavy (non-hydrogen) atoms. The van der Waals surface area contributed by atoms with E-state index >= 15 is 0 Å². The van der Waals surface area contributed by atoms with Gasteiger partial charge in [-0.25, -0.2) is 0 Å². The number of hydrogen-bond donors (Lipinski definition) is 1. The summed E-state index contributed by atoms with van der Waals surface area (Å²) in [7, 11) is 0. The maximum atomic E-state index is 3.54. The molecule has 0 radical (unpaired) electrons. The Hall–Kier alpha value is -0.340. The summed E-state index contributed by atoms with van der Waals surface area (Å²) >= 11 is 1.82. The molecule has 0 saturated carbocycles. The number of thiophene rings is 1. The molecule has 1 rings (SSSR count). The molecule has 0 spiro atoms. The van der Waals surface area contributed by atoms with Gasteiger partial charge in [0.05, 0.1) is 0 Å². The Balaban J connectivity index is 2.39. The van der Waals surface area contributed by atoms with Gasteiger partial charge in [0.2, 0.25) is 0 Å². The Morgan fingerprint density at radius 2 is 2.15 bits per heavy atom. The molecule has 0 aliphatic rings. The standard InChI is InChI=1S/C11H19NS/c1-9(10-6-5-7-13-10)12-8-11(2,3)4/h5-7,9,12H,8H2,1-4H3/t9-/m1/s1. The summed E-state index contributed by atoms with van der Waals surface area (Å²) in [5, 5.41) is 5.66. The van der Waals surface area contributed by atoms with Crippen LogP contribution in [0.5, 0.6) is 0 Å². The van der Waals surface area contributed by atoms with Crippen LogP contribution in [0, 0.1) is 5.41 Å². The van der Waals surface area contributed by atoms with Gasteiger partial charge in [-0.2, -0.15) is 0 Å². The number of hydrogen-bond acceptors (Lipinski definition) is 2. The van der Waals surface area contributed by atoms with Gasteiger partial charge < -0.3 is 5.32 Å². The van der Waals surface area contributed by atoms with Crippen LogP contribution in [-0.4, -0.2) is 6.54 Å². The van der Waals surface area contributed by atoms with Crippen molar-refractivity contribution in [3.8, 4) is 0 Å². The van der Waals surface area contributed by atoms with Gasteiger partial charge in [-0.05, 0) is 23.8 Å². The SMILES string of the molecule is C[C@@H](NCC(C)(C)C)c1cccs1. The van der Waals surface area contributed by atoms with Crippen LogP contribution in [0.2, 0.25) is 0 Å². The second-order valence-electron chi connectivity index (χ2n) is 4.68. The lowest BCUT2D eigenvalue weighted by Gasteiger charge is -2.22. The van der Waals surface area contributed by atoms with Crippen molar-refractivity contribution in [1.82, 2.24) is 5.32 Å². The van der Waals surface area contributed by atoms with Crippen molar-refractivity contribution < 1.29 is 0 Å². The molecule has 0 bridgehead atoms. The van der Waals surface area contributed by atoms with E-state index in [1.807, 2.05) is 11.3 Å². The van der Waals surface area contributed by atoms with Gasteiger partial charge in [-0.15, -0.1) is 11.3 Å². The molecule has 0 aromatic carbocycles. The van der Waals surface area contributed by atoms with E-state index in [0.29, 0.717) is 11.5 Å². The molecule has 0 amide bonds. The first-order valence-electron chi connectivity index (χ1n) is 4.76. The van der Waals surface area contributed by atoms with Crippen LogP contribution in [-0.2, 0) is 0 Å². The summed E-state index contributed by atoms with van der Waals surface area (Å²) in [6.45, 7) is 10.0. The summed E-state index contributed by atoms with van der Waals surface area (Å²) in [6.07, 6.45) is 0. The monoisotopic (exact) mass is 197 g/mol. The highest BCUT2D eigenvalue weighted by molar-refractivity contribution is 7.10. The van der Waals surface area contributed by atoms with Gasteiger partial charge >= 0.3 is 0 Å². The van der Waals surface area contributed by atoms with Gasteiger partial charge in [0.15, 0.2) is 0 Å². The highest BCUT2D eigenvalue weighted by Crippen LogP contribution is 2.20. The molecule has 2 heteroatoms. The van der Waals surface area contributed by atoms with E-state index in [1.54, 1.807) is 0 Å². The first-order valence-corrected chi connectivity index (χ1v) is 5.64. The summed E-state index contributed by atoms with van der Waals surface area (Å²) in [6, 6.07) is 4.78. The average Bonchev–Trinajstić information content (AvgIpc) is 2.50. The van der Waals surface area contributed by atoms with Crippen LogP contribution >= 0.6 is 11.3 Å². The van der Waals surface area contributed by atoms with Crippen molar-refractivity contribution in [1.29, 1.82) is 0 Å². The second-order valence-corrected chi connectivity index (χ2v) is 5.66. The normalized spacial score (nSPS) is 14.5. The van der Waals surface area contributed by atoms with E-state index in [4.69, 9.17) is 0 Å². The largest absolute Gasteiger partial charge is 0.309 e. The molecular weight excluding hydrogens is 178 g/mol. The molecule has 1 aromatic rings. The molecule has 74 valence electrons. The van der Waals surface area contributed by atoms with Gasteiger partial charge in [0.25, 0.3) is 0 Å². The van der Waals surface area contributed by atoms with E-state index in [-0.39, 0.29) is 0 Å². The highest BCUT2D eigenvalue weighted by atomic mass is 32.1. The molecule has 0 unspecified atom stereocenters. The van der Waals surface area contributed by atoms with Crippen molar-refractivity contribution >= 4 is 11.3 Å². The Labute approximate surface area is 85.2 Å². The lowest BCUT2D eigenvalue weighted by Crippen LogP contribution is -2.28. The fourth-order valence-electron chi connectivity index (χ4n) is 1.10. The Morgan fingerprint density at radius 3 is 2.62 bits per heavy atom. The van der Waals surface area contributed by atoms with Crippen LogP contribution in [0.1, 0.15) is 38.6 Å². The first kappa shape index (κ1) is 10.7. The third kappa shape index (κ3) is 3.92. The van der Waals surface area contributed by atoms with Crippen molar-refractivity contribution in [3.05, 3.63) is 22.4 Å². The predicted octanol–water partition coefficient (Wildman–Crippen LogP) is 3.44. The van der Waals surface area contributed by atoms with Gasteiger partial charge in [-0.1, -0.05) is 26.8 Å². The molecule has 1 heterocycles. The van der Waals surface area contributed by atoms with Crippen LogP contribution in [0.25, 0.3) is 0 Å². The third-order valence-electron chi connectivity index (χ3n) is 1.91. The first-order chi connectivity index (χ1) is 5.99. The Bertz CT molecular complexity index is 233. The van der Waals surface area contributed by atoms with Gasteiger partial charge in [-0.3, -0.25) is 0 Å². The third-order valence-corrected chi connectivity index (χ3v) is 2.96. The zero-order valence-electron chi connectivity index (χ0n) is 8.92. The molecule has 1 aromatic heterocycles. The minimum Gasteiger partial charge on any atom is -0.309 e. The van der Waals surface area contributed by atoms with Crippen molar-refractivity contribution in [3.63, 3.8) is 0 Å². The van der Waals surface area contributed by atoms with Crippen LogP contribution in [0.4, 0.5) is 0 Å². The Kier molecular flexibility index (Phi) is 3.51. The fraction of sp³-hybridized carbons (Fsp3) is 0.636. The van der Waals surface area contributed by atoms with E-state index in [0.717, 1.165) is 6.54 Å². The van der Waals surface area contributed by atoms with E-state index in [1.165, 1.54) is 4.88 Å². The quantitative estimate of drug-likeness (QED) is 0.782. The second kappa shape index (κ2) is 4.25. The number of nitrogens with one attached hydrogen (secondary N) is 1. The molecule has 0 aliphatic carbocycles. The van der Waals surface area contributed by atoms with Crippen LogP contribution < -0.4 is 5.32 Å². The summed E-state index contributed by atoms with van der Waals surface area (Å²) in [4.78, 5) is 1.42. The lowest BCUT2D eigenvalue weighted by molar-refractivity contribution is 0.361. The van der Waals surface area contributed by atoms with Crippen molar-refractivity contribution in [2.24, 2.45) is 5.41 Å². The zero-order chi connectivity index (χ0) is 9.90. The zero-order valence-corrected chi connectivity index (χ0v) is 9.74. The summed E-state index contributed by atoms with van der Waals surface area (Å²) in [5.41, 5.74) is 0.367. The van der Waals surface area contributed by atoms with E-state index in [2.05, 4.69) is 50.5 Å². The van der Waals surface area contributed by atoms with E-state index in [9.17, 15) is 0 Å². The van der Waals surface area contributed by atoms with Crippen LogP contribution in [0.3, 0.4) is 0 Å². The fourth-order valence-corrected chi connectivity index (χ4v) is 1.86. The molecule has 0 aliphatic heterocycles. The Morgan fingerprint density at radius 1 is 1.46 bits per heavy atom. The number of rotatable bonds is 3. The molecular formula is C11H19NS. The van der Waals surface area contributed by atoms with Crippen molar-refractivity contribution in [2.75, 3.05) is 6.54 Å². The smallest absolute Gasteiger partial charge is 0.0386 e. The van der Waals surface area contributed by atoms with Crippen molar-refractivity contribution in [2.45, 2.75) is 33.7 Å². The molecule has 0 fully saturated rings. The minimum atomic E-state index is 0.367. The summed E-state index contributed by atoms with van der Waals surface area (Å²) in [5.74, 6) is 0. The van der Waals surface area contributed by atoms with Gasteiger partial charge in [0, 0.05) is 17.5 Å². The molecule has 1 nitrogen and oxygen atoms in total. The predicted molar refractivity (Wildman–Crippen MR) is 60.2 cm³/mol. The topological polar surface area (TPSA) is 12.0 Å². The van der Waals surface area contributed by atoms with Gasteiger partial charge in [0.1, 0.15) is 0 Å². The molecule has 1 atom stereocenters. The lowest BCUT2D eigenvalue weighted by atomic mass is 9.96. The summed E-state index contributed by atoms with van der Waals surface area (Å²) < 4.78 is 0. The average molecular weight is 197 g/mol. The highest BCUT2D eigenvalue weighted by Gasteiger charge is 2.12.